The van der Waals surface area contributed by atoms with E-state index >= 15 is 0 Å². The maximum absolute atomic E-state index is 12.6. The van der Waals surface area contributed by atoms with Crippen molar-refractivity contribution in [2.45, 2.75) is 58.1 Å². The summed E-state index contributed by atoms with van der Waals surface area (Å²) in [6.45, 7) is 8.95. The quantitative estimate of drug-likeness (QED) is 0.346. The van der Waals surface area contributed by atoms with Gasteiger partial charge in [0.25, 0.3) is 5.91 Å². The summed E-state index contributed by atoms with van der Waals surface area (Å²) in [5, 5.41) is 6.69. The van der Waals surface area contributed by atoms with Gasteiger partial charge in [-0.25, -0.2) is 4.99 Å². The van der Waals surface area contributed by atoms with E-state index in [1.54, 1.807) is 0 Å². The number of nitrogens with zero attached hydrogens (tertiary/aromatic N) is 2. The highest BCUT2D eigenvalue weighted by Crippen LogP contribution is 2.23. The summed E-state index contributed by atoms with van der Waals surface area (Å²) in [7, 11) is 0. The van der Waals surface area contributed by atoms with Gasteiger partial charge in [0, 0.05) is 38.3 Å². The van der Waals surface area contributed by atoms with Crippen LogP contribution in [0.4, 0.5) is 0 Å². The molecule has 0 aromatic heterocycles. The van der Waals surface area contributed by atoms with Crippen molar-refractivity contribution in [2.24, 2.45) is 4.99 Å². The monoisotopic (exact) mass is 514 g/mol. The minimum absolute atomic E-state index is 0. The van der Waals surface area contributed by atoms with E-state index in [1.165, 1.54) is 6.42 Å². The van der Waals surface area contributed by atoms with Gasteiger partial charge in [0.05, 0.1) is 12.1 Å². The second kappa shape index (κ2) is 11.7. The second-order valence-corrected chi connectivity index (χ2v) is 8.00. The number of carbonyl (C=O) groups excluding carboxylic acids is 1. The van der Waals surface area contributed by atoms with Gasteiger partial charge in [0.1, 0.15) is 0 Å². The van der Waals surface area contributed by atoms with Crippen molar-refractivity contribution in [3.8, 4) is 0 Å². The molecule has 1 unspecified atom stereocenters. The molecular formula is C22H35IN4O2. The number of guanidine groups is 1. The number of aliphatic imine (C=N–C) groups is 1. The summed E-state index contributed by atoms with van der Waals surface area (Å²) < 4.78 is 5.84. The summed E-state index contributed by atoms with van der Waals surface area (Å²) in [4.78, 5) is 19.2. The number of rotatable bonds is 6. The minimum atomic E-state index is -0.105. The number of hydrogen-bond acceptors (Lipinski definition) is 3. The van der Waals surface area contributed by atoms with Gasteiger partial charge in [-0.1, -0.05) is 12.1 Å². The van der Waals surface area contributed by atoms with E-state index in [-0.39, 0.29) is 35.5 Å². The van der Waals surface area contributed by atoms with E-state index < -0.39 is 0 Å². The van der Waals surface area contributed by atoms with Gasteiger partial charge < -0.3 is 20.3 Å². The lowest BCUT2D eigenvalue weighted by Crippen LogP contribution is -2.45. The summed E-state index contributed by atoms with van der Waals surface area (Å²) >= 11 is 0. The van der Waals surface area contributed by atoms with Crippen molar-refractivity contribution in [3.05, 3.63) is 35.4 Å². The molecule has 1 atom stereocenters. The molecule has 162 valence electrons. The average molecular weight is 514 g/mol. The Bertz CT molecular complexity index is 666. The van der Waals surface area contributed by atoms with Crippen LogP contribution in [-0.4, -0.2) is 55.2 Å². The molecule has 1 amide bonds. The number of ether oxygens (including phenoxy) is 1. The van der Waals surface area contributed by atoms with E-state index in [2.05, 4.69) is 29.5 Å². The fourth-order valence-corrected chi connectivity index (χ4v) is 3.79. The molecule has 0 spiro atoms. The van der Waals surface area contributed by atoms with Crippen LogP contribution >= 0.6 is 24.0 Å². The minimum Gasteiger partial charge on any atom is -0.373 e. The number of amides is 1. The molecule has 29 heavy (non-hydrogen) atoms. The Kier molecular flexibility index (Phi) is 9.68. The molecule has 0 radical (unpaired) electrons. The Hall–Kier alpha value is -1.35. The van der Waals surface area contributed by atoms with E-state index in [0.717, 1.165) is 75.6 Å². The standard InChI is InChI=1S/C22H34N4O2.HI/c1-3-23-21(25-17-22(2)12-7-15-28-22)24-16-18-8-10-19(11-9-18)20(27)26-13-5-4-6-14-26;/h8-11H,3-7,12-17H2,1-2H3,(H2,23,24,25);1H. The number of carbonyl (C=O) groups is 1. The van der Waals surface area contributed by atoms with Gasteiger partial charge in [0.15, 0.2) is 5.96 Å². The predicted octanol–water partition coefficient (Wildman–Crippen LogP) is 3.55. The number of nitrogens with one attached hydrogen (secondary N) is 2. The first-order chi connectivity index (χ1) is 13.6. The van der Waals surface area contributed by atoms with Crippen LogP contribution in [0.25, 0.3) is 0 Å². The third-order valence-electron chi connectivity index (χ3n) is 5.54. The zero-order valence-corrected chi connectivity index (χ0v) is 20.0. The number of likely N-dealkylation sites (tertiary alicyclic amines) is 1. The number of halogens is 1. The third-order valence-corrected chi connectivity index (χ3v) is 5.54. The molecule has 1 aromatic carbocycles. The molecule has 2 saturated heterocycles. The van der Waals surface area contributed by atoms with Gasteiger partial charge >= 0.3 is 0 Å². The maximum atomic E-state index is 12.6. The van der Waals surface area contributed by atoms with E-state index in [0.29, 0.717) is 6.54 Å². The van der Waals surface area contributed by atoms with Crippen LogP contribution in [0.5, 0.6) is 0 Å². The van der Waals surface area contributed by atoms with Crippen LogP contribution in [0.2, 0.25) is 0 Å². The summed E-state index contributed by atoms with van der Waals surface area (Å²) in [6.07, 6.45) is 5.65. The van der Waals surface area contributed by atoms with Gasteiger partial charge in [-0.05, 0) is 63.6 Å². The summed E-state index contributed by atoms with van der Waals surface area (Å²) in [5.74, 6) is 0.947. The van der Waals surface area contributed by atoms with Crippen molar-refractivity contribution in [3.63, 3.8) is 0 Å². The van der Waals surface area contributed by atoms with Gasteiger partial charge in [-0.3, -0.25) is 4.79 Å². The molecule has 2 aliphatic rings. The molecule has 3 rings (SSSR count). The normalized spacial score (nSPS) is 22.1. The van der Waals surface area contributed by atoms with Crippen molar-refractivity contribution in [1.82, 2.24) is 15.5 Å². The first-order valence-corrected chi connectivity index (χ1v) is 10.6. The van der Waals surface area contributed by atoms with Crippen LogP contribution in [0, 0.1) is 0 Å². The highest BCUT2D eigenvalue weighted by atomic mass is 127. The van der Waals surface area contributed by atoms with Crippen molar-refractivity contribution < 1.29 is 9.53 Å². The van der Waals surface area contributed by atoms with Gasteiger partial charge in [0.2, 0.25) is 0 Å². The predicted molar refractivity (Wildman–Crippen MR) is 128 cm³/mol. The topological polar surface area (TPSA) is 66.0 Å². The van der Waals surface area contributed by atoms with E-state index in [9.17, 15) is 4.79 Å². The summed E-state index contributed by atoms with van der Waals surface area (Å²) in [5.41, 5.74) is 1.76. The molecule has 7 heteroatoms. The smallest absolute Gasteiger partial charge is 0.253 e. The van der Waals surface area contributed by atoms with E-state index in [4.69, 9.17) is 4.74 Å². The molecule has 0 saturated carbocycles. The number of piperidine rings is 1. The maximum Gasteiger partial charge on any atom is 0.253 e. The molecule has 2 fully saturated rings. The SMILES string of the molecule is CCNC(=NCc1ccc(C(=O)N2CCCCC2)cc1)NCC1(C)CCCO1.I. The Balaban J connectivity index is 0.00000300. The fourth-order valence-electron chi connectivity index (χ4n) is 3.79. The number of hydrogen-bond donors (Lipinski definition) is 2. The third kappa shape index (κ3) is 7.13. The van der Waals surface area contributed by atoms with Crippen LogP contribution in [-0.2, 0) is 11.3 Å². The second-order valence-electron chi connectivity index (χ2n) is 8.00. The Morgan fingerprint density at radius 2 is 1.86 bits per heavy atom. The van der Waals surface area contributed by atoms with Gasteiger partial charge in [-0.2, -0.15) is 0 Å². The zero-order chi connectivity index (χ0) is 19.8. The molecule has 2 heterocycles. The fraction of sp³-hybridized carbons (Fsp3) is 0.636. The van der Waals surface area contributed by atoms with Crippen LogP contribution in [0.1, 0.15) is 61.9 Å². The Labute approximate surface area is 191 Å². The number of benzene rings is 1. The van der Waals surface area contributed by atoms with Crippen molar-refractivity contribution in [1.29, 1.82) is 0 Å². The Morgan fingerprint density at radius 1 is 1.14 bits per heavy atom. The Morgan fingerprint density at radius 3 is 2.48 bits per heavy atom. The van der Waals surface area contributed by atoms with Gasteiger partial charge in [-0.15, -0.1) is 24.0 Å². The molecule has 6 nitrogen and oxygen atoms in total. The first-order valence-electron chi connectivity index (χ1n) is 10.6. The van der Waals surface area contributed by atoms with Crippen LogP contribution in [0.3, 0.4) is 0 Å². The average Bonchev–Trinajstić information content (AvgIpc) is 3.17. The largest absolute Gasteiger partial charge is 0.373 e. The zero-order valence-electron chi connectivity index (χ0n) is 17.7. The summed E-state index contributed by atoms with van der Waals surface area (Å²) in [6, 6.07) is 7.86. The highest BCUT2D eigenvalue weighted by molar-refractivity contribution is 14.0. The van der Waals surface area contributed by atoms with Crippen LogP contribution < -0.4 is 10.6 Å². The van der Waals surface area contributed by atoms with Crippen molar-refractivity contribution in [2.75, 3.05) is 32.8 Å². The molecular weight excluding hydrogens is 479 g/mol. The van der Waals surface area contributed by atoms with Crippen LogP contribution in [0.15, 0.2) is 29.3 Å². The lowest BCUT2D eigenvalue weighted by atomic mass is 10.0. The first kappa shape index (κ1) is 23.9. The highest BCUT2D eigenvalue weighted by Gasteiger charge is 2.29. The lowest BCUT2D eigenvalue weighted by Gasteiger charge is -2.26. The molecule has 0 bridgehead atoms. The molecule has 2 N–H and O–H groups in total. The molecule has 1 aromatic rings. The lowest BCUT2D eigenvalue weighted by molar-refractivity contribution is 0.0242. The van der Waals surface area contributed by atoms with Crippen molar-refractivity contribution >= 4 is 35.8 Å². The van der Waals surface area contributed by atoms with E-state index in [1.807, 2.05) is 29.2 Å². The molecule has 0 aliphatic carbocycles. The molecule has 2 aliphatic heterocycles.